The Labute approximate surface area is 109 Å². The molecule has 4 nitrogen and oxygen atoms in total. The fourth-order valence-electron chi connectivity index (χ4n) is 1.61. The molecule has 0 N–H and O–H groups in total. The molecule has 0 amide bonds. The van der Waals surface area contributed by atoms with Crippen LogP contribution in [0, 0.1) is 12.7 Å². The average Bonchev–Trinajstić information content (AvgIpc) is 2.62. The highest BCUT2D eigenvalue weighted by atomic mass is 35.5. The molecule has 0 unspecified atom stereocenters. The second-order valence-electron chi connectivity index (χ2n) is 3.83. The van der Waals surface area contributed by atoms with E-state index in [-0.39, 0.29) is 14.8 Å². The van der Waals surface area contributed by atoms with Crippen molar-refractivity contribution >= 4 is 21.4 Å². The summed E-state index contributed by atoms with van der Waals surface area (Å²) in [6.07, 6.45) is 1.40. The molecule has 0 spiro atoms. The molecule has 2 rings (SSSR count). The van der Waals surface area contributed by atoms with E-state index >= 15 is 0 Å². The van der Waals surface area contributed by atoms with Crippen LogP contribution in [0.4, 0.5) is 4.39 Å². The van der Waals surface area contributed by atoms with E-state index in [2.05, 4.69) is 5.10 Å². The van der Waals surface area contributed by atoms with Crippen molar-refractivity contribution in [1.29, 1.82) is 0 Å². The van der Waals surface area contributed by atoms with Crippen LogP contribution in [0.25, 0.3) is 0 Å². The van der Waals surface area contributed by atoms with E-state index in [9.17, 15) is 12.8 Å². The maximum Gasteiger partial charge on any atom is 0.210 e. The van der Waals surface area contributed by atoms with Gasteiger partial charge in [-0.05, 0) is 25.1 Å². The lowest BCUT2D eigenvalue weighted by Crippen LogP contribution is -2.03. The summed E-state index contributed by atoms with van der Waals surface area (Å²) in [6, 6.07) is 3.31. The molecule has 7 heteroatoms. The van der Waals surface area contributed by atoms with Crippen LogP contribution in [-0.4, -0.2) is 18.2 Å². The van der Waals surface area contributed by atoms with Crippen LogP contribution < -0.4 is 0 Å². The first-order chi connectivity index (χ1) is 8.32. The van der Waals surface area contributed by atoms with Crippen molar-refractivity contribution in [2.45, 2.75) is 16.7 Å². The number of rotatable bonds is 2. The Morgan fingerprint density at radius 1 is 1.39 bits per heavy atom. The molecule has 0 aliphatic rings. The minimum absolute atomic E-state index is 0.0509. The van der Waals surface area contributed by atoms with Gasteiger partial charge in [0, 0.05) is 13.2 Å². The van der Waals surface area contributed by atoms with E-state index in [1.165, 1.54) is 16.9 Å². The van der Waals surface area contributed by atoms with Crippen molar-refractivity contribution in [3.63, 3.8) is 0 Å². The first-order valence-corrected chi connectivity index (χ1v) is 6.89. The Hall–Kier alpha value is -1.40. The minimum atomic E-state index is -3.72. The molecule has 0 saturated heterocycles. The highest BCUT2D eigenvalue weighted by Crippen LogP contribution is 2.26. The predicted octanol–water partition coefficient (Wildman–Crippen LogP) is 2.35. The van der Waals surface area contributed by atoms with Gasteiger partial charge in [0.2, 0.25) is 9.84 Å². The lowest BCUT2D eigenvalue weighted by atomic mass is 10.3. The lowest BCUT2D eigenvalue weighted by molar-refractivity contribution is 0.594. The number of hydrogen-bond donors (Lipinski definition) is 0. The van der Waals surface area contributed by atoms with Gasteiger partial charge in [-0.2, -0.15) is 5.10 Å². The normalized spacial score (nSPS) is 11.8. The quantitative estimate of drug-likeness (QED) is 0.797. The van der Waals surface area contributed by atoms with Crippen molar-refractivity contribution in [3.8, 4) is 0 Å². The maximum atomic E-state index is 13.0. The highest BCUT2D eigenvalue weighted by Gasteiger charge is 2.23. The number of sulfone groups is 1. The second-order valence-corrected chi connectivity index (χ2v) is 6.16. The third-order valence-electron chi connectivity index (χ3n) is 2.46. The van der Waals surface area contributed by atoms with Gasteiger partial charge in [-0.25, -0.2) is 12.8 Å². The Balaban J connectivity index is 2.61. The summed E-state index contributed by atoms with van der Waals surface area (Å²) < 4.78 is 39.0. The van der Waals surface area contributed by atoms with Crippen LogP contribution in [0.3, 0.4) is 0 Å². The lowest BCUT2D eigenvalue weighted by Gasteiger charge is -2.03. The number of aryl methyl sites for hydroxylation is 2. The molecule has 0 saturated carbocycles. The van der Waals surface area contributed by atoms with Crippen molar-refractivity contribution in [2.24, 2.45) is 7.05 Å². The molecule has 2 aromatic rings. The first kappa shape index (κ1) is 13.0. The van der Waals surface area contributed by atoms with E-state index in [4.69, 9.17) is 11.6 Å². The Bertz CT molecular complexity index is 710. The molecule has 18 heavy (non-hydrogen) atoms. The van der Waals surface area contributed by atoms with Gasteiger partial charge in [0.15, 0.2) is 0 Å². The molecule has 0 aliphatic carbocycles. The number of nitrogens with zero attached hydrogens (tertiary/aromatic N) is 2. The summed E-state index contributed by atoms with van der Waals surface area (Å²) in [5.74, 6) is -0.654. The zero-order valence-electron chi connectivity index (χ0n) is 9.68. The van der Waals surface area contributed by atoms with Crippen molar-refractivity contribution < 1.29 is 12.8 Å². The van der Waals surface area contributed by atoms with Gasteiger partial charge in [0.25, 0.3) is 0 Å². The number of benzene rings is 1. The largest absolute Gasteiger partial charge is 0.274 e. The van der Waals surface area contributed by atoms with Gasteiger partial charge < -0.3 is 0 Å². The summed E-state index contributed by atoms with van der Waals surface area (Å²) in [7, 11) is -2.09. The molecular formula is C11H10ClFN2O2S. The molecule has 0 bridgehead atoms. The zero-order valence-corrected chi connectivity index (χ0v) is 11.3. The molecule has 0 radical (unpaired) electrons. The van der Waals surface area contributed by atoms with Crippen molar-refractivity contribution in [1.82, 2.24) is 9.78 Å². The number of halogens is 2. The molecule has 1 aromatic heterocycles. The van der Waals surface area contributed by atoms with E-state index in [1.54, 1.807) is 14.0 Å². The Morgan fingerprint density at radius 3 is 2.56 bits per heavy atom. The molecule has 0 fully saturated rings. The molecule has 0 aliphatic heterocycles. The van der Waals surface area contributed by atoms with Gasteiger partial charge in [-0.3, -0.25) is 4.68 Å². The fourth-order valence-corrected chi connectivity index (χ4v) is 3.35. The number of aromatic nitrogens is 2. The monoisotopic (exact) mass is 288 g/mol. The Kier molecular flexibility index (Phi) is 3.16. The van der Waals surface area contributed by atoms with Crippen LogP contribution in [0.2, 0.25) is 5.02 Å². The van der Waals surface area contributed by atoms with Gasteiger partial charge in [-0.1, -0.05) is 11.6 Å². The third-order valence-corrected chi connectivity index (χ3v) is 4.60. The van der Waals surface area contributed by atoms with Crippen LogP contribution in [0.15, 0.2) is 34.2 Å². The van der Waals surface area contributed by atoms with E-state index in [0.717, 1.165) is 12.1 Å². The van der Waals surface area contributed by atoms with E-state index in [0.29, 0.717) is 5.69 Å². The van der Waals surface area contributed by atoms with Gasteiger partial charge in [0.1, 0.15) is 10.7 Å². The smallest absolute Gasteiger partial charge is 0.210 e. The van der Waals surface area contributed by atoms with Gasteiger partial charge in [-0.15, -0.1) is 0 Å². The summed E-state index contributed by atoms with van der Waals surface area (Å²) in [6.45, 7) is 1.60. The molecule has 1 aromatic carbocycles. The molecular weight excluding hydrogens is 279 g/mol. The van der Waals surface area contributed by atoms with Crippen LogP contribution in [-0.2, 0) is 16.9 Å². The van der Waals surface area contributed by atoms with Gasteiger partial charge >= 0.3 is 0 Å². The van der Waals surface area contributed by atoms with Crippen LogP contribution >= 0.6 is 11.6 Å². The zero-order chi connectivity index (χ0) is 13.5. The molecule has 96 valence electrons. The molecule has 1 heterocycles. The van der Waals surface area contributed by atoms with Crippen molar-refractivity contribution in [2.75, 3.05) is 0 Å². The van der Waals surface area contributed by atoms with Crippen molar-refractivity contribution in [3.05, 3.63) is 40.9 Å². The van der Waals surface area contributed by atoms with Crippen LogP contribution in [0.1, 0.15) is 5.69 Å². The van der Waals surface area contributed by atoms with Crippen LogP contribution in [0.5, 0.6) is 0 Å². The minimum Gasteiger partial charge on any atom is -0.274 e. The second kappa shape index (κ2) is 4.37. The standard InChI is InChI=1S/C11H10ClFN2O2S/c1-7-11(6-15(2)14-7)18(16,17)8-3-4-10(13)9(12)5-8/h3-6H,1-2H3. The maximum absolute atomic E-state index is 13.0. The fraction of sp³-hybridized carbons (Fsp3) is 0.182. The molecule has 0 atom stereocenters. The van der Waals surface area contributed by atoms with E-state index in [1.807, 2.05) is 0 Å². The topological polar surface area (TPSA) is 52.0 Å². The first-order valence-electron chi connectivity index (χ1n) is 5.03. The summed E-state index contributed by atoms with van der Waals surface area (Å²) in [5, 5.41) is 3.75. The predicted molar refractivity (Wildman–Crippen MR) is 64.8 cm³/mol. The Morgan fingerprint density at radius 2 is 2.06 bits per heavy atom. The SMILES string of the molecule is Cc1nn(C)cc1S(=O)(=O)c1ccc(F)c(Cl)c1. The summed E-state index contributed by atoms with van der Waals surface area (Å²) in [4.78, 5) is 0.0395. The number of hydrogen-bond acceptors (Lipinski definition) is 3. The third kappa shape index (κ3) is 2.13. The van der Waals surface area contributed by atoms with Gasteiger partial charge in [0.05, 0.1) is 15.6 Å². The highest BCUT2D eigenvalue weighted by molar-refractivity contribution is 7.91. The summed E-state index contributed by atoms with van der Waals surface area (Å²) in [5.41, 5.74) is 0.387. The van der Waals surface area contributed by atoms with E-state index < -0.39 is 15.7 Å². The summed E-state index contributed by atoms with van der Waals surface area (Å²) >= 11 is 5.59. The average molecular weight is 289 g/mol.